The van der Waals surface area contributed by atoms with E-state index in [9.17, 15) is 4.79 Å². The Kier molecular flexibility index (Phi) is 4.58. The fourth-order valence-electron chi connectivity index (χ4n) is 2.66. The van der Waals surface area contributed by atoms with Crippen molar-refractivity contribution in [1.82, 2.24) is 19.9 Å². The largest absolute Gasteiger partial charge is 0.461 e. The van der Waals surface area contributed by atoms with Crippen LogP contribution in [0.5, 0.6) is 0 Å². The van der Waals surface area contributed by atoms with Crippen molar-refractivity contribution in [3.8, 4) is 11.6 Å². The monoisotopic (exact) mass is 400 g/mol. The molecular formula is C17H16N6O2S2. The van der Waals surface area contributed by atoms with E-state index in [-0.39, 0.29) is 11.7 Å². The normalized spacial score (nSPS) is 11.2. The summed E-state index contributed by atoms with van der Waals surface area (Å²) in [5.74, 6) is 6.86. The molecule has 0 aliphatic heterocycles. The summed E-state index contributed by atoms with van der Waals surface area (Å²) in [5.41, 5.74) is 3.18. The van der Waals surface area contributed by atoms with Crippen LogP contribution in [0.3, 0.4) is 0 Å². The number of benzene rings is 1. The third-order valence-corrected chi connectivity index (χ3v) is 5.68. The fraction of sp³-hybridized carbons (Fsp3) is 0.176. The number of carbonyl (C=O) groups excluding carboxylic acids is 1. The number of aromatic nitrogens is 4. The molecule has 0 aliphatic rings. The molecule has 3 N–H and O–H groups in total. The number of nitrogens with zero attached hydrogens (tertiary/aromatic N) is 4. The maximum absolute atomic E-state index is 12.3. The molecule has 0 saturated heterocycles. The first-order chi connectivity index (χ1) is 13.0. The summed E-state index contributed by atoms with van der Waals surface area (Å²) in [5, 5.41) is 11.8. The van der Waals surface area contributed by atoms with Crippen LogP contribution in [0.1, 0.15) is 11.1 Å². The average Bonchev–Trinajstić information content (AvgIpc) is 3.33. The van der Waals surface area contributed by atoms with Crippen molar-refractivity contribution in [1.29, 1.82) is 0 Å². The Morgan fingerprint density at radius 3 is 3.00 bits per heavy atom. The average molecular weight is 400 g/mol. The number of nitrogens with one attached hydrogen (secondary N) is 1. The number of amides is 1. The Balaban J connectivity index is 1.43. The first kappa shape index (κ1) is 17.6. The minimum atomic E-state index is -0.184. The molecule has 0 unspecified atom stereocenters. The van der Waals surface area contributed by atoms with E-state index in [1.165, 1.54) is 39.6 Å². The van der Waals surface area contributed by atoms with Crippen LogP contribution in [-0.4, -0.2) is 31.5 Å². The molecule has 0 bridgehead atoms. The standard InChI is InChI=1S/C17H16N6O2S2/c1-9-6-10(2)14-12(7-9)27-16(20-14)19-13(24)8-26-17-22-21-15(23(17)18)11-4-3-5-25-11/h3-7H,8,18H2,1-2H3,(H,19,20,24). The molecule has 27 heavy (non-hydrogen) atoms. The Bertz CT molecular complexity index is 1120. The van der Waals surface area contributed by atoms with Gasteiger partial charge in [0.05, 0.1) is 22.2 Å². The molecule has 138 valence electrons. The van der Waals surface area contributed by atoms with Crippen molar-refractivity contribution >= 4 is 44.4 Å². The molecular weight excluding hydrogens is 384 g/mol. The Hall–Kier alpha value is -2.85. The quantitative estimate of drug-likeness (QED) is 0.391. The van der Waals surface area contributed by atoms with Gasteiger partial charge in [0.2, 0.25) is 16.9 Å². The summed E-state index contributed by atoms with van der Waals surface area (Å²) in [4.78, 5) is 16.8. The number of aryl methyl sites for hydroxylation is 2. The molecule has 0 saturated carbocycles. The highest BCUT2D eigenvalue weighted by Gasteiger charge is 2.16. The second-order valence-corrected chi connectivity index (χ2v) is 7.91. The van der Waals surface area contributed by atoms with Gasteiger partial charge < -0.3 is 15.6 Å². The highest BCUT2D eigenvalue weighted by atomic mass is 32.2. The van der Waals surface area contributed by atoms with Gasteiger partial charge in [0, 0.05) is 0 Å². The molecule has 0 atom stereocenters. The van der Waals surface area contributed by atoms with Gasteiger partial charge in [0.25, 0.3) is 0 Å². The number of nitrogen functional groups attached to an aromatic ring is 1. The van der Waals surface area contributed by atoms with Gasteiger partial charge >= 0.3 is 0 Å². The van der Waals surface area contributed by atoms with Crippen molar-refractivity contribution in [2.75, 3.05) is 16.9 Å². The van der Waals surface area contributed by atoms with Crippen LogP contribution >= 0.6 is 23.1 Å². The number of rotatable bonds is 5. The van der Waals surface area contributed by atoms with E-state index in [2.05, 4.69) is 32.6 Å². The van der Waals surface area contributed by atoms with Gasteiger partial charge in [-0.05, 0) is 43.2 Å². The molecule has 8 nitrogen and oxygen atoms in total. The van der Waals surface area contributed by atoms with Gasteiger partial charge in [-0.25, -0.2) is 9.66 Å². The Morgan fingerprint density at radius 1 is 1.37 bits per heavy atom. The van der Waals surface area contributed by atoms with Crippen LogP contribution < -0.4 is 11.2 Å². The van der Waals surface area contributed by atoms with E-state index < -0.39 is 0 Å². The van der Waals surface area contributed by atoms with Gasteiger partial charge in [-0.15, -0.1) is 10.2 Å². The minimum Gasteiger partial charge on any atom is -0.461 e. The highest BCUT2D eigenvalue weighted by molar-refractivity contribution is 7.99. The molecule has 0 radical (unpaired) electrons. The summed E-state index contributed by atoms with van der Waals surface area (Å²) in [6, 6.07) is 7.63. The van der Waals surface area contributed by atoms with E-state index in [0.29, 0.717) is 21.9 Å². The molecule has 4 rings (SSSR count). The summed E-state index contributed by atoms with van der Waals surface area (Å²) in [7, 11) is 0. The summed E-state index contributed by atoms with van der Waals surface area (Å²) >= 11 is 2.65. The Labute approximate surface area is 162 Å². The highest BCUT2D eigenvalue weighted by Crippen LogP contribution is 2.29. The van der Waals surface area contributed by atoms with Crippen LogP contribution in [0.2, 0.25) is 0 Å². The number of hydrogen-bond donors (Lipinski definition) is 2. The van der Waals surface area contributed by atoms with Gasteiger partial charge in [-0.1, -0.05) is 29.2 Å². The minimum absolute atomic E-state index is 0.140. The van der Waals surface area contributed by atoms with E-state index >= 15 is 0 Å². The second-order valence-electron chi connectivity index (χ2n) is 5.94. The molecule has 0 aliphatic carbocycles. The number of fused-ring (bicyclic) bond motifs is 1. The van der Waals surface area contributed by atoms with Crippen molar-refractivity contribution in [3.63, 3.8) is 0 Å². The van der Waals surface area contributed by atoms with Crippen LogP contribution in [0, 0.1) is 13.8 Å². The topological polar surface area (TPSA) is 112 Å². The zero-order chi connectivity index (χ0) is 19.0. The number of furan rings is 1. The van der Waals surface area contributed by atoms with Crippen molar-refractivity contribution in [3.05, 3.63) is 41.7 Å². The predicted octanol–water partition coefficient (Wildman–Crippen LogP) is 3.21. The van der Waals surface area contributed by atoms with Crippen LogP contribution in [0.15, 0.2) is 40.1 Å². The molecule has 10 heteroatoms. The second kappa shape index (κ2) is 7.05. The van der Waals surface area contributed by atoms with E-state index in [1.807, 2.05) is 13.8 Å². The lowest BCUT2D eigenvalue weighted by atomic mass is 10.1. The first-order valence-electron chi connectivity index (χ1n) is 8.06. The van der Waals surface area contributed by atoms with Crippen LogP contribution in [-0.2, 0) is 4.79 Å². The number of hydrogen-bond acceptors (Lipinski definition) is 8. The third-order valence-electron chi connectivity index (χ3n) is 3.81. The molecule has 3 aromatic heterocycles. The number of thioether (sulfide) groups is 1. The van der Waals surface area contributed by atoms with Gasteiger partial charge in [0.15, 0.2) is 10.9 Å². The van der Waals surface area contributed by atoms with Gasteiger partial charge in [-0.3, -0.25) is 4.79 Å². The molecule has 4 aromatic rings. The fourth-order valence-corrected chi connectivity index (χ4v) is 4.37. The smallest absolute Gasteiger partial charge is 0.236 e. The first-order valence-corrected chi connectivity index (χ1v) is 9.86. The summed E-state index contributed by atoms with van der Waals surface area (Å²) in [6.07, 6.45) is 1.53. The zero-order valence-electron chi connectivity index (χ0n) is 14.6. The van der Waals surface area contributed by atoms with Crippen LogP contribution in [0.4, 0.5) is 5.13 Å². The number of carbonyl (C=O) groups is 1. The number of anilines is 1. The number of nitrogens with two attached hydrogens (primary N) is 1. The molecule has 0 fully saturated rings. The van der Waals surface area contributed by atoms with E-state index in [1.54, 1.807) is 12.1 Å². The molecule has 1 amide bonds. The van der Waals surface area contributed by atoms with Gasteiger partial charge in [-0.2, -0.15) is 0 Å². The molecule has 3 heterocycles. The lowest BCUT2D eigenvalue weighted by Crippen LogP contribution is -2.16. The zero-order valence-corrected chi connectivity index (χ0v) is 16.2. The molecule has 1 aromatic carbocycles. The summed E-state index contributed by atoms with van der Waals surface area (Å²) < 4.78 is 7.63. The maximum Gasteiger partial charge on any atom is 0.236 e. The van der Waals surface area contributed by atoms with Crippen LogP contribution in [0.25, 0.3) is 21.8 Å². The molecule has 0 spiro atoms. The maximum atomic E-state index is 12.3. The number of thiazole rings is 1. The predicted molar refractivity (Wildman–Crippen MR) is 106 cm³/mol. The summed E-state index contributed by atoms with van der Waals surface area (Å²) in [6.45, 7) is 4.06. The van der Waals surface area contributed by atoms with E-state index in [4.69, 9.17) is 10.3 Å². The van der Waals surface area contributed by atoms with Crippen molar-refractivity contribution in [2.45, 2.75) is 19.0 Å². The van der Waals surface area contributed by atoms with Crippen molar-refractivity contribution < 1.29 is 9.21 Å². The Morgan fingerprint density at radius 2 is 2.22 bits per heavy atom. The third kappa shape index (κ3) is 3.53. The van der Waals surface area contributed by atoms with Crippen molar-refractivity contribution in [2.24, 2.45) is 0 Å². The van der Waals surface area contributed by atoms with E-state index in [0.717, 1.165) is 15.8 Å². The van der Waals surface area contributed by atoms with Gasteiger partial charge in [0.1, 0.15) is 0 Å². The lowest BCUT2D eigenvalue weighted by molar-refractivity contribution is -0.113. The lowest BCUT2D eigenvalue weighted by Gasteiger charge is -2.02. The SMILES string of the molecule is Cc1cc(C)c2nc(NC(=O)CSc3nnc(-c4ccco4)n3N)sc2c1.